The number of anilines is 1. The van der Waals surface area contributed by atoms with Crippen molar-refractivity contribution in [2.45, 2.75) is 24.3 Å². The fraction of sp³-hybridized carbons (Fsp3) is 0.267. The lowest BCUT2D eigenvalue weighted by Crippen LogP contribution is -1.89. The summed E-state index contributed by atoms with van der Waals surface area (Å²) in [6.07, 6.45) is 5.32. The van der Waals surface area contributed by atoms with Crippen LogP contribution in [0.4, 0.5) is 5.69 Å². The number of aryl methyl sites for hydroxylation is 1. The highest BCUT2D eigenvalue weighted by molar-refractivity contribution is 7.99. The van der Waals surface area contributed by atoms with E-state index in [1.807, 2.05) is 12.1 Å². The van der Waals surface area contributed by atoms with Gasteiger partial charge in [-0.15, -0.1) is 11.8 Å². The van der Waals surface area contributed by atoms with E-state index >= 15 is 0 Å². The van der Waals surface area contributed by atoms with Crippen molar-refractivity contribution >= 4 is 17.4 Å². The maximum absolute atomic E-state index is 5.60. The standard InChI is InChI=1S/C15H18N2S/c16-14-9-10-15(17-12-14)18-11-5-4-8-13-6-2-1-3-7-13/h1-3,6-7,9-10,12H,4-5,8,11,16H2. The summed E-state index contributed by atoms with van der Waals surface area (Å²) in [5, 5.41) is 1.06. The first-order chi connectivity index (χ1) is 8.84. The highest BCUT2D eigenvalue weighted by Crippen LogP contribution is 2.18. The van der Waals surface area contributed by atoms with Crippen LogP contribution in [-0.4, -0.2) is 10.7 Å². The van der Waals surface area contributed by atoms with Gasteiger partial charge < -0.3 is 5.73 Å². The molecule has 1 aromatic heterocycles. The van der Waals surface area contributed by atoms with Gasteiger partial charge in [-0.25, -0.2) is 4.98 Å². The van der Waals surface area contributed by atoms with Gasteiger partial charge in [-0.2, -0.15) is 0 Å². The molecule has 0 fully saturated rings. The molecule has 0 aliphatic heterocycles. The molecule has 0 aliphatic carbocycles. The number of nitrogen functional groups attached to an aromatic ring is 1. The van der Waals surface area contributed by atoms with Gasteiger partial charge in [0, 0.05) is 0 Å². The predicted octanol–water partition coefficient (Wildman–Crippen LogP) is 3.78. The molecule has 0 amide bonds. The summed E-state index contributed by atoms with van der Waals surface area (Å²) in [5.74, 6) is 1.11. The summed E-state index contributed by atoms with van der Waals surface area (Å²) < 4.78 is 0. The van der Waals surface area contributed by atoms with E-state index in [9.17, 15) is 0 Å². The average molecular weight is 258 g/mol. The third-order valence-corrected chi connectivity index (χ3v) is 3.74. The van der Waals surface area contributed by atoms with Crippen molar-refractivity contribution in [3.05, 3.63) is 54.2 Å². The molecule has 2 N–H and O–H groups in total. The lowest BCUT2D eigenvalue weighted by Gasteiger charge is -2.02. The minimum absolute atomic E-state index is 0.725. The Bertz CT molecular complexity index is 454. The number of thioether (sulfide) groups is 1. The molecular weight excluding hydrogens is 240 g/mol. The number of hydrogen-bond acceptors (Lipinski definition) is 3. The molecule has 0 unspecified atom stereocenters. The Balaban J connectivity index is 1.63. The third-order valence-electron chi connectivity index (χ3n) is 2.71. The molecule has 3 heteroatoms. The molecule has 2 rings (SSSR count). The van der Waals surface area contributed by atoms with Gasteiger partial charge in [0.15, 0.2) is 0 Å². The van der Waals surface area contributed by atoms with Crippen LogP contribution in [0, 0.1) is 0 Å². The fourth-order valence-electron chi connectivity index (χ4n) is 1.73. The van der Waals surface area contributed by atoms with Crippen LogP contribution in [0.3, 0.4) is 0 Å². The van der Waals surface area contributed by atoms with Crippen LogP contribution in [-0.2, 0) is 6.42 Å². The van der Waals surface area contributed by atoms with E-state index in [0.29, 0.717) is 0 Å². The van der Waals surface area contributed by atoms with Crippen molar-refractivity contribution in [1.82, 2.24) is 4.98 Å². The molecule has 0 bridgehead atoms. The van der Waals surface area contributed by atoms with Crippen LogP contribution in [0.2, 0.25) is 0 Å². The second-order valence-electron chi connectivity index (χ2n) is 4.22. The quantitative estimate of drug-likeness (QED) is 0.633. The minimum atomic E-state index is 0.725. The van der Waals surface area contributed by atoms with Gasteiger partial charge in [-0.3, -0.25) is 0 Å². The molecule has 0 radical (unpaired) electrons. The van der Waals surface area contributed by atoms with Crippen LogP contribution in [0.25, 0.3) is 0 Å². The van der Waals surface area contributed by atoms with E-state index in [4.69, 9.17) is 5.73 Å². The normalized spacial score (nSPS) is 10.4. The minimum Gasteiger partial charge on any atom is -0.397 e. The van der Waals surface area contributed by atoms with Gasteiger partial charge >= 0.3 is 0 Å². The van der Waals surface area contributed by atoms with Crippen LogP contribution in [0.5, 0.6) is 0 Å². The molecule has 2 aromatic rings. The van der Waals surface area contributed by atoms with Gasteiger partial charge in [0.2, 0.25) is 0 Å². The van der Waals surface area contributed by atoms with Gasteiger partial charge in [-0.05, 0) is 42.7 Å². The maximum atomic E-state index is 5.60. The Morgan fingerprint density at radius 1 is 1.00 bits per heavy atom. The Labute approximate surface area is 113 Å². The Morgan fingerprint density at radius 3 is 2.56 bits per heavy atom. The van der Waals surface area contributed by atoms with Gasteiger partial charge in [0.05, 0.1) is 16.9 Å². The predicted molar refractivity (Wildman–Crippen MR) is 78.8 cm³/mol. The first-order valence-electron chi connectivity index (χ1n) is 6.23. The monoisotopic (exact) mass is 258 g/mol. The number of benzene rings is 1. The summed E-state index contributed by atoms with van der Waals surface area (Å²) >= 11 is 1.80. The van der Waals surface area contributed by atoms with Gasteiger partial charge in [0.25, 0.3) is 0 Å². The van der Waals surface area contributed by atoms with Crippen LogP contribution in [0.15, 0.2) is 53.7 Å². The van der Waals surface area contributed by atoms with Crippen molar-refractivity contribution in [2.24, 2.45) is 0 Å². The topological polar surface area (TPSA) is 38.9 Å². The van der Waals surface area contributed by atoms with E-state index in [2.05, 4.69) is 35.3 Å². The second-order valence-corrected chi connectivity index (χ2v) is 5.34. The fourth-order valence-corrected chi connectivity index (χ4v) is 2.58. The zero-order valence-electron chi connectivity index (χ0n) is 10.4. The summed E-state index contributed by atoms with van der Waals surface area (Å²) in [6.45, 7) is 0. The van der Waals surface area contributed by atoms with Crippen LogP contribution in [0.1, 0.15) is 18.4 Å². The first-order valence-corrected chi connectivity index (χ1v) is 7.21. The number of nitrogens with zero attached hydrogens (tertiary/aromatic N) is 1. The largest absolute Gasteiger partial charge is 0.397 e. The molecule has 0 atom stereocenters. The van der Waals surface area contributed by atoms with Crippen LogP contribution < -0.4 is 5.73 Å². The van der Waals surface area contributed by atoms with Gasteiger partial charge in [0.1, 0.15) is 0 Å². The summed E-state index contributed by atoms with van der Waals surface area (Å²) in [6, 6.07) is 14.5. The smallest absolute Gasteiger partial charge is 0.0961 e. The van der Waals surface area contributed by atoms with E-state index in [1.165, 1.54) is 18.4 Å². The molecule has 1 aromatic carbocycles. The molecule has 18 heavy (non-hydrogen) atoms. The van der Waals surface area contributed by atoms with Crippen molar-refractivity contribution in [2.75, 3.05) is 11.5 Å². The van der Waals surface area contributed by atoms with E-state index < -0.39 is 0 Å². The number of aromatic nitrogens is 1. The van der Waals surface area contributed by atoms with Crippen molar-refractivity contribution in [3.8, 4) is 0 Å². The highest BCUT2D eigenvalue weighted by Gasteiger charge is 1.96. The molecule has 0 aliphatic rings. The summed E-state index contributed by atoms with van der Waals surface area (Å²) in [5.41, 5.74) is 7.75. The van der Waals surface area contributed by atoms with E-state index in [-0.39, 0.29) is 0 Å². The van der Waals surface area contributed by atoms with Crippen LogP contribution >= 0.6 is 11.8 Å². The molecule has 2 nitrogen and oxygen atoms in total. The Kier molecular flexibility index (Phi) is 5.09. The Morgan fingerprint density at radius 2 is 1.83 bits per heavy atom. The molecule has 94 valence electrons. The maximum Gasteiger partial charge on any atom is 0.0961 e. The van der Waals surface area contributed by atoms with E-state index in [1.54, 1.807) is 18.0 Å². The molecule has 0 saturated carbocycles. The van der Waals surface area contributed by atoms with Gasteiger partial charge in [-0.1, -0.05) is 30.3 Å². The molecule has 0 spiro atoms. The summed E-state index contributed by atoms with van der Waals surface area (Å²) in [7, 11) is 0. The third kappa shape index (κ3) is 4.41. The number of nitrogens with two attached hydrogens (primary N) is 1. The van der Waals surface area contributed by atoms with Crippen molar-refractivity contribution in [1.29, 1.82) is 0 Å². The highest BCUT2D eigenvalue weighted by atomic mass is 32.2. The lowest BCUT2D eigenvalue weighted by atomic mass is 10.1. The second kappa shape index (κ2) is 7.07. The number of unbranched alkanes of at least 4 members (excludes halogenated alkanes) is 1. The zero-order valence-corrected chi connectivity index (χ0v) is 11.2. The molecule has 0 saturated heterocycles. The lowest BCUT2D eigenvalue weighted by molar-refractivity contribution is 0.802. The van der Waals surface area contributed by atoms with Crippen molar-refractivity contribution in [3.63, 3.8) is 0 Å². The molecule has 1 heterocycles. The van der Waals surface area contributed by atoms with Crippen molar-refractivity contribution < 1.29 is 0 Å². The first kappa shape index (κ1) is 13.0. The SMILES string of the molecule is Nc1ccc(SCCCCc2ccccc2)nc1. The number of hydrogen-bond donors (Lipinski definition) is 1. The average Bonchev–Trinajstić information content (AvgIpc) is 2.42. The number of pyridine rings is 1. The van der Waals surface area contributed by atoms with E-state index in [0.717, 1.165) is 22.9 Å². The number of rotatable bonds is 6. The zero-order chi connectivity index (χ0) is 12.6. The summed E-state index contributed by atoms with van der Waals surface area (Å²) in [4.78, 5) is 4.27. The molecular formula is C15H18N2S. The Hall–Kier alpha value is -1.48.